The quantitative estimate of drug-likeness (QED) is 0.521. The lowest BCUT2D eigenvalue weighted by Crippen LogP contribution is -2.51. The van der Waals surface area contributed by atoms with Crippen molar-refractivity contribution in [1.82, 2.24) is 10.2 Å². The molecule has 3 aromatic carbocycles. The minimum absolute atomic E-state index is 0.0134. The summed E-state index contributed by atoms with van der Waals surface area (Å²) in [4.78, 5) is 16.2. The van der Waals surface area contributed by atoms with Gasteiger partial charge in [0.1, 0.15) is 0 Å². The van der Waals surface area contributed by atoms with E-state index in [9.17, 15) is 9.90 Å². The molecular weight excluding hydrogens is 432 g/mol. The first kappa shape index (κ1) is 22.5. The second-order valence-corrected chi connectivity index (χ2v) is 10.6. The van der Waals surface area contributed by atoms with Crippen molar-refractivity contribution in [2.24, 2.45) is 17.8 Å². The van der Waals surface area contributed by atoms with Crippen LogP contribution in [0.5, 0.6) is 0 Å². The molecule has 180 valence electrons. The third-order valence-corrected chi connectivity index (χ3v) is 8.62. The number of benzene rings is 3. The van der Waals surface area contributed by atoms with Crippen molar-refractivity contribution >= 4 is 5.91 Å². The number of likely N-dealkylation sites (tertiary alicyclic amines) is 1. The molecule has 0 bridgehead atoms. The van der Waals surface area contributed by atoms with Gasteiger partial charge < -0.3 is 10.4 Å². The van der Waals surface area contributed by atoms with E-state index in [0.29, 0.717) is 11.8 Å². The molecule has 4 heteroatoms. The van der Waals surface area contributed by atoms with Crippen LogP contribution in [0.1, 0.15) is 48.4 Å². The maximum atomic E-state index is 13.6. The fourth-order valence-electron chi connectivity index (χ4n) is 6.72. The van der Waals surface area contributed by atoms with E-state index < -0.39 is 5.60 Å². The number of amides is 1. The smallest absolute Gasteiger partial charge is 0.257 e. The van der Waals surface area contributed by atoms with E-state index >= 15 is 0 Å². The van der Waals surface area contributed by atoms with Crippen LogP contribution in [0.15, 0.2) is 91.0 Å². The van der Waals surface area contributed by atoms with E-state index in [1.165, 1.54) is 11.1 Å². The van der Waals surface area contributed by atoms with Crippen LogP contribution in [0.2, 0.25) is 0 Å². The lowest BCUT2D eigenvalue weighted by molar-refractivity contribution is -0.147. The Morgan fingerprint density at radius 2 is 1.29 bits per heavy atom. The number of carbonyl (C=O) groups excluding carboxylic acids is 1. The first-order chi connectivity index (χ1) is 17.2. The van der Waals surface area contributed by atoms with Gasteiger partial charge in [-0.2, -0.15) is 0 Å². The lowest BCUT2D eigenvalue weighted by atomic mass is 9.79. The Morgan fingerprint density at radius 1 is 0.800 bits per heavy atom. The van der Waals surface area contributed by atoms with Crippen LogP contribution in [0.25, 0.3) is 0 Å². The van der Waals surface area contributed by atoms with Gasteiger partial charge in [0.05, 0.1) is 6.04 Å². The zero-order chi connectivity index (χ0) is 23.8. The maximum Gasteiger partial charge on any atom is 0.257 e. The summed E-state index contributed by atoms with van der Waals surface area (Å²) in [6.07, 6.45) is 3.97. The minimum atomic E-state index is -1.44. The summed E-state index contributed by atoms with van der Waals surface area (Å²) in [5.41, 5.74) is 1.90. The van der Waals surface area contributed by atoms with Gasteiger partial charge in [0.15, 0.2) is 5.60 Å². The van der Waals surface area contributed by atoms with Gasteiger partial charge in [0.25, 0.3) is 5.91 Å². The highest BCUT2D eigenvalue weighted by atomic mass is 16.3. The SMILES string of the molecule is O=C(N[C@H]1C2CN(C(c3ccccc3)c3ccccc3)C[C@@H]21)C(O)(c1ccccc1)C1CCCC1. The van der Waals surface area contributed by atoms with Gasteiger partial charge in [0.2, 0.25) is 0 Å². The number of fused-ring (bicyclic) bond motifs is 1. The number of nitrogens with one attached hydrogen (secondary N) is 1. The Labute approximate surface area is 208 Å². The van der Waals surface area contributed by atoms with Gasteiger partial charge in [-0.1, -0.05) is 104 Å². The number of nitrogens with zero attached hydrogens (tertiary/aromatic N) is 1. The van der Waals surface area contributed by atoms with Crippen LogP contribution in [-0.2, 0) is 10.4 Å². The molecule has 1 heterocycles. The van der Waals surface area contributed by atoms with Crippen molar-refractivity contribution in [3.8, 4) is 0 Å². The monoisotopic (exact) mass is 466 g/mol. The molecule has 3 fully saturated rings. The zero-order valence-electron chi connectivity index (χ0n) is 20.1. The average molecular weight is 467 g/mol. The Morgan fingerprint density at radius 3 is 1.80 bits per heavy atom. The van der Waals surface area contributed by atoms with Gasteiger partial charge in [-0.15, -0.1) is 0 Å². The molecule has 2 unspecified atom stereocenters. The number of hydrogen-bond donors (Lipinski definition) is 2. The first-order valence-corrected chi connectivity index (χ1v) is 13.1. The highest BCUT2D eigenvalue weighted by Gasteiger charge is 2.59. The minimum Gasteiger partial charge on any atom is -0.375 e. The number of piperidine rings is 1. The van der Waals surface area contributed by atoms with Crippen molar-refractivity contribution in [2.75, 3.05) is 13.1 Å². The molecule has 2 N–H and O–H groups in total. The molecule has 3 aromatic rings. The number of aliphatic hydroxyl groups is 1. The molecule has 35 heavy (non-hydrogen) atoms. The molecule has 3 aliphatic rings. The van der Waals surface area contributed by atoms with Gasteiger partial charge in [0, 0.05) is 25.0 Å². The molecule has 1 amide bonds. The Bertz CT molecular complexity index is 1090. The maximum absolute atomic E-state index is 13.6. The third kappa shape index (κ3) is 4.09. The highest BCUT2D eigenvalue weighted by Crippen LogP contribution is 2.50. The fraction of sp³-hybridized carbons (Fsp3) is 0.387. The van der Waals surface area contributed by atoms with E-state index in [2.05, 4.69) is 70.9 Å². The molecule has 0 spiro atoms. The predicted molar refractivity (Wildman–Crippen MR) is 138 cm³/mol. The predicted octanol–water partition coefficient (Wildman–Crippen LogP) is 4.90. The van der Waals surface area contributed by atoms with Gasteiger partial charge in [-0.3, -0.25) is 9.69 Å². The van der Waals surface area contributed by atoms with E-state index in [0.717, 1.165) is 44.3 Å². The standard InChI is InChI=1S/C31H34N2O2/c34-30(31(35,25-18-10-11-19-25)24-16-8-3-9-17-24)32-28-26-20-33(21-27(26)28)29(22-12-4-1-5-13-22)23-14-6-2-7-15-23/h1-9,12-17,25-29,35H,10-11,18-21H2,(H,32,34)/t26-,27?,28+,31?/m0/s1. The molecule has 4 nitrogen and oxygen atoms in total. The summed E-state index contributed by atoms with van der Waals surface area (Å²) in [5, 5.41) is 15.1. The van der Waals surface area contributed by atoms with Gasteiger partial charge >= 0.3 is 0 Å². The topological polar surface area (TPSA) is 52.6 Å². The molecule has 4 atom stereocenters. The summed E-state index contributed by atoms with van der Waals surface area (Å²) in [5.74, 6) is 0.666. The summed E-state index contributed by atoms with van der Waals surface area (Å²) in [7, 11) is 0. The van der Waals surface area contributed by atoms with Crippen LogP contribution in [0, 0.1) is 17.8 Å². The van der Waals surface area contributed by atoms with Crippen molar-refractivity contribution in [3.63, 3.8) is 0 Å². The lowest BCUT2D eigenvalue weighted by Gasteiger charge is -2.34. The van der Waals surface area contributed by atoms with Crippen LogP contribution >= 0.6 is 0 Å². The number of carbonyl (C=O) groups is 1. The zero-order valence-corrected chi connectivity index (χ0v) is 20.1. The fourth-order valence-corrected chi connectivity index (χ4v) is 6.72. The van der Waals surface area contributed by atoms with Crippen LogP contribution in [0.3, 0.4) is 0 Å². The third-order valence-electron chi connectivity index (χ3n) is 8.62. The number of rotatable bonds is 7. The number of hydrogen-bond acceptors (Lipinski definition) is 3. The molecule has 0 aromatic heterocycles. The van der Waals surface area contributed by atoms with Crippen molar-refractivity contribution in [2.45, 2.75) is 43.4 Å². The van der Waals surface area contributed by atoms with E-state index in [1.807, 2.05) is 30.3 Å². The first-order valence-electron chi connectivity index (χ1n) is 13.1. The Balaban J connectivity index is 1.17. The summed E-state index contributed by atoms with van der Waals surface area (Å²) in [6, 6.07) is 31.4. The largest absolute Gasteiger partial charge is 0.375 e. The van der Waals surface area contributed by atoms with Crippen molar-refractivity contribution in [3.05, 3.63) is 108 Å². The van der Waals surface area contributed by atoms with E-state index in [-0.39, 0.29) is 23.9 Å². The van der Waals surface area contributed by atoms with Crippen LogP contribution in [0.4, 0.5) is 0 Å². The molecule has 1 saturated heterocycles. The molecule has 6 rings (SSSR count). The molecule has 2 saturated carbocycles. The summed E-state index contributed by atoms with van der Waals surface area (Å²) < 4.78 is 0. The summed E-state index contributed by atoms with van der Waals surface area (Å²) in [6.45, 7) is 1.91. The van der Waals surface area contributed by atoms with Crippen molar-refractivity contribution < 1.29 is 9.90 Å². The Kier molecular flexibility index (Phi) is 5.95. The van der Waals surface area contributed by atoms with E-state index in [1.54, 1.807) is 0 Å². The Hall–Kier alpha value is -2.95. The molecule has 2 aliphatic carbocycles. The van der Waals surface area contributed by atoms with Gasteiger partial charge in [-0.25, -0.2) is 0 Å². The molecule has 0 radical (unpaired) electrons. The molecular formula is C31H34N2O2. The van der Waals surface area contributed by atoms with E-state index in [4.69, 9.17) is 0 Å². The van der Waals surface area contributed by atoms with Crippen LogP contribution in [-0.4, -0.2) is 35.0 Å². The second kappa shape index (κ2) is 9.25. The molecule has 1 aliphatic heterocycles. The normalized spacial score (nSPS) is 25.8. The summed E-state index contributed by atoms with van der Waals surface area (Å²) >= 11 is 0. The highest BCUT2D eigenvalue weighted by molar-refractivity contribution is 5.87. The van der Waals surface area contributed by atoms with Crippen LogP contribution < -0.4 is 5.32 Å². The average Bonchev–Trinajstić information content (AvgIpc) is 3.31. The van der Waals surface area contributed by atoms with Gasteiger partial charge in [-0.05, 0) is 41.4 Å². The second-order valence-electron chi connectivity index (χ2n) is 10.6. The van der Waals surface area contributed by atoms with Crippen molar-refractivity contribution in [1.29, 1.82) is 0 Å².